The smallest absolute Gasteiger partial charge is 0.128 e. The van der Waals surface area contributed by atoms with Crippen LogP contribution < -0.4 is 5.32 Å². The normalized spacial score (nSPS) is 13.0. The highest BCUT2D eigenvalue weighted by molar-refractivity contribution is 5.98. The monoisotopic (exact) mass is 166 g/mol. The van der Waals surface area contributed by atoms with Crippen LogP contribution in [0.15, 0.2) is 28.9 Å². The lowest BCUT2D eigenvalue weighted by Crippen LogP contribution is -2.19. The number of nitrogens with one attached hydrogen (secondary N) is 1. The predicted octanol–water partition coefficient (Wildman–Crippen LogP) is 2.49. The Morgan fingerprint density at radius 3 is 2.50 bits per heavy atom. The lowest BCUT2D eigenvalue weighted by molar-refractivity contribution is 1.08. The van der Waals surface area contributed by atoms with E-state index in [9.17, 15) is 0 Å². The van der Waals surface area contributed by atoms with Gasteiger partial charge in [-0.25, -0.2) is 4.99 Å². The lowest BCUT2D eigenvalue weighted by atomic mass is 10.2. The zero-order valence-corrected chi connectivity index (χ0v) is 8.44. The maximum atomic E-state index is 4.35. The molecule has 0 atom stereocenters. The van der Waals surface area contributed by atoms with E-state index in [2.05, 4.69) is 23.8 Å². The molecule has 0 radical (unpaired) electrons. The molecule has 0 aromatic carbocycles. The van der Waals surface area contributed by atoms with Crippen molar-refractivity contribution in [3.05, 3.63) is 23.9 Å². The molecule has 2 heteroatoms. The second-order valence-corrected chi connectivity index (χ2v) is 2.60. The molecule has 68 valence electrons. The van der Waals surface area contributed by atoms with E-state index in [4.69, 9.17) is 0 Å². The number of hydrogen-bond acceptors (Lipinski definition) is 1. The number of rotatable bonds is 3. The Hall–Kier alpha value is -1.05. The molecule has 0 amide bonds. The number of nitrogens with zero attached hydrogens (tertiary/aromatic N) is 1. The number of amidine groups is 1. The molecule has 1 N–H and O–H groups in total. The molecule has 0 saturated heterocycles. The molecular formula is C10H18N2. The van der Waals surface area contributed by atoms with Gasteiger partial charge in [0.05, 0.1) is 0 Å². The topological polar surface area (TPSA) is 24.4 Å². The van der Waals surface area contributed by atoms with Crippen LogP contribution in [-0.2, 0) is 0 Å². The first-order chi connectivity index (χ1) is 5.65. The summed E-state index contributed by atoms with van der Waals surface area (Å²) in [4.78, 5) is 4.35. The maximum absolute atomic E-state index is 4.35. The molecule has 0 aliphatic rings. The van der Waals surface area contributed by atoms with Gasteiger partial charge in [-0.15, -0.1) is 0 Å². The zero-order valence-electron chi connectivity index (χ0n) is 8.44. The Kier molecular flexibility index (Phi) is 5.09. The summed E-state index contributed by atoms with van der Waals surface area (Å²) in [6, 6.07) is 0. The number of likely N-dealkylation sites (N-methyl/N-ethyl adjacent to an activating group) is 1. The van der Waals surface area contributed by atoms with Crippen LogP contribution in [0.2, 0.25) is 0 Å². The quantitative estimate of drug-likeness (QED) is 0.505. The Bertz CT molecular complexity index is 212. The summed E-state index contributed by atoms with van der Waals surface area (Å²) in [5.41, 5.74) is 2.05. The molecule has 0 unspecified atom stereocenters. The molecule has 0 bridgehead atoms. The van der Waals surface area contributed by atoms with E-state index < -0.39 is 0 Å². The minimum atomic E-state index is 0.883. The number of allylic oxidation sites excluding steroid dienone is 2. The predicted molar refractivity (Wildman–Crippen MR) is 55.4 cm³/mol. The fourth-order valence-corrected chi connectivity index (χ4v) is 0.720. The van der Waals surface area contributed by atoms with Crippen molar-refractivity contribution in [1.29, 1.82) is 0 Å². The Morgan fingerprint density at radius 1 is 1.58 bits per heavy atom. The minimum absolute atomic E-state index is 0.883. The van der Waals surface area contributed by atoms with Gasteiger partial charge in [0.1, 0.15) is 5.84 Å². The van der Waals surface area contributed by atoms with Crippen molar-refractivity contribution < 1.29 is 0 Å². The molecule has 2 nitrogen and oxygen atoms in total. The molecule has 0 rings (SSSR count). The van der Waals surface area contributed by atoms with Crippen molar-refractivity contribution >= 4 is 5.84 Å². The standard InChI is InChI=1S/C10H18N2/c1-6-8(3)10(11-5)12-9(4)7-2/h7H,3,6H2,1-2,4-5H3,(H,11,12)/b9-7-. The summed E-state index contributed by atoms with van der Waals surface area (Å²) < 4.78 is 0. The van der Waals surface area contributed by atoms with Crippen molar-refractivity contribution in [3.63, 3.8) is 0 Å². The van der Waals surface area contributed by atoms with Crippen molar-refractivity contribution in [2.24, 2.45) is 4.99 Å². The first kappa shape index (κ1) is 11.0. The van der Waals surface area contributed by atoms with Crippen molar-refractivity contribution in [2.75, 3.05) is 7.05 Å². The molecule has 0 aliphatic carbocycles. The lowest BCUT2D eigenvalue weighted by Gasteiger charge is -2.06. The van der Waals surface area contributed by atoms with Gasteiger partial charge >= 0.3 is 0 Å². The van der Waals surface area contributed by atoms with Crippen LogP contribution in [0.3, 0.4) is 0 Å². The van der Waals surface area contributed by atoms with Crippen LogP contribution in [-0.4, -0.2) is 12.9 Å². The van der Waals surface area contributed by atoms with Crippen LogP contribution in [0.25, 0.3) is 0 Å². The summed E-state index contributed by atoms with van der Waals surface area (Å²) in [5, 5.41) is 3.03. The Labute approximate surface area is 75.1 Å². The third kappa shape index (κ3) is 3.37. The van der Waals surface area contributed by atoms with Crippen LogP contribution in [0.5, 0.6) is 0 Å². The van der Waals surface area contributed by atoms with E-state index in [-0.39, 0.29) is 0 Å². The zero-order chi connectivity index (χ0) is 9.56. The van der Waals surface area contributed by atoms with Gasteiger partial charge in [-0.2, -0.15) is 0 Å². The summed E-state index contributed by atoms with van der Waals surface area (Å²) in [6.07, 6.45) is 2.90. The Morgan fingerprint density at radius 2 is 2.17 bits per heavy atom. The molecule has 12 heavy (non-hydrogen) atoms. The third-order valence-electron chi connectivity index (χ3n) is 1.70. The molecule has 0 aromatic rings. The highest BCUT2D eigenvalue weighted by Gasteiger charge is 1.98. The summed E-state index contributed by atoms with van der Waals surface area (Å²) in [5.74, 6) is 0.883. The Balaban J connectivity index is 4.54. The second kappa shape index (κ2) is 5.58. The molecular weight excluding hydrogens is 148 g/mol. The van der Waals surface area contributed by atoms with Crippen molar-refractivity contribution in [2.45, 2.75) is 27.2 Å². The van der Waals surface area contributed by atoms with Crippen LogP contribution in [0, 0.1) is 0 Å². The molecule has 0 spiro atoms. The van der Waals surface area contributed by atoms with Crippen molar-refractivity contribution in [1.82, 2.24) is 5.32 Å². The molecule has 0 aliphatic heterocycles. The van der Waals surface area contributed by atoms with E-state index in [0.29, 0.717) is 0 Å². The van der Waals surface area contributed by atoms with Gasteiger partial charge in [0, 0.05) is 12.7 Å². The fraction of sp³-hybridized carbons (Fsp3) is 0.500. The SMILES string of the molecule is C=C(CC)/C(=N\C(C)=C/C)NC. The van der Waals surface area contributed by atoms with Gasteiger partial charge < -0.3 is 5.32 Å². The second-order valence-electron chi connectivity index (χ2n) is 2.60. The first-order valence-corrected chi connectivity index (χ1v) is 4.23. The van der Waals surface area contributed by atoms with Gasteiger partial charge in [0.25, 0.3) is 0 Å². The average Bonchev–Trinajstić information content (AvgIpc) is 2.12. The van der Waals surface area contributed by atoms with Crippen LogP contribution in [0.1, 0.15) is 27.2 Å². The van der Waals surface area contributed by atoms with Gasteiger partial charge in [-0.1, -0.05) is 19.6 Å². The van der Waals surface area contributed by atoms with Crippen molar-refractivity contribution in [3.8, 4) is 0 Å². The molecule has 0 saturated carbocycles. The highest BCUT2D eigenvalue weighted by Crippen LogP contribution is 2.02. The van der Waals surface area contributed by atoms with Gasteiger partial charge in [0.2, 0.25) is 0 Å². The van der Waals surface area contributed by atoms with E-state index in [1.807, 2.05) is 27.0 Å². The minimum Gasteiger partial charge on any atom is -0.373 e. The number of hydrogen-bond donors (Lipinski definition) is 1. The molecule has 0 heterocycles. The van der Waals surface area contributed by atoms with Gasteiger partial charge in [0.15, 0.2) is 0 Å². The molecule has 0 aromatic heterocycles. The van der Waals surface area contributed by atoms with E-state index in [1.165, 1.54) is 0 Å². The maximum Gasteiger partial charge on any atom is 0.128 e. The molecule has 0 fully saturated rings. The fourth-order valence-electron chi connectivity index (χ4n) is 0.720. The summed E-state index contributed by atoms with van der Waals surface area (Å²) >= 11 is 0. The summed E-state index contributed by atoms with van der Waals surface area (Å²) in [7, 11) is 1.86. The first-order valence-electron chi connectivity index (χ1n) is 4.23. The van der Waals surface area contributed by atoms with E-state index in [0.717, 1.165) is 23.5 Å². The number of aliphatic imine (C=N–C) groups is 1. The van der Waals surface area contributed by atoms with Crippen LogP contribution >= 0.6 is 0 Å². The van der Waals surface area contributed by atoms with E-state index >= 15 is 0 Å². The average molecular weight is 166 g/mol. The van der Waals surface area contributed by atoms with E-state index in [1.54, 1.807) is 0 Å². The third-order valence-corrected chi connectivity index (χ3v) is 1.70. The largest absolute Gasteiger partial charge is 0.373 e. The highest BCUT2D eigenvalue weighted by atomic mass is 15.0. The van der Waals surface area contributed by atoms with Crippen LogP contribution in [0.4, 0.5) is 0 Å². The summed E-state index contributed by atoms with van der Waals surface area (Å²) in [6.45, 7) is 9.93. The van der Waals surface area contributed by atoms with Gasteiger partial charge in [-0.05, 0) is 25.8 Å². The van der Waals surface area contributed by atoms with Gasteiger partial charge in [-0.3, -0.25) is 0 Å².